The molecule has 4 nitrogen and oxygen atoms in total. The molecule has 2 aromatic rings. The molecule has 0 heterocycles. The molecule has 7 heteroatoms. The largest absolute Gasteiger partial charge is 0.355 e. The van der Waals surface area contributed by atoms with Crippen LogP contribution in [0.5, 0.6) is 0 Å². The number of non-ortho nitro benzene ring substituents is 1. The fourth-order valence-corrected chi connectivity index (χ4v) is 1.87. The average molecular weight is 329 g/mol. The molecule has 0 aliphatic heterocycles. The van der Waals surface area contributed by atoms with Crippen LogP contribution in [0.3, 0.4) is 0 Å². The lowest BCUT2D eigenvalue weighted by Gasteiger charge is -2.07. The molecule has 1 N–H and O–H groups in total. The summed E-state index contributed by atoms with van der Waals surface area (Å²) < 4.78 is 26.5. The maximum atomic E-state index is 13.2. The minimum Gasteiger partial charge on any atom is -0.355 e. The van der Waals surface area contributed by atoms with E-state index in [9.17, 15) is 18.9 Å². The Morgan fingerprint density at radius 3 is 2.47 bits per heavy atom. The van der Waals surface area contributed by atoms with Crippen LogP contribution >= 0.6 is 15.9 Å². The molecule has 0 spiro atoms. The summed E-state index contributed by atoms with van der Waals surface area (Å²) in [5.41, 5.74) is 0.335. The number of nitrogens with zero attached hydrogens (tertiary/aromatic N) is 1. The SMILES string of the molecule is O=[N+]([O-])c1cc(F)cc(Nc2ccc(F)c(Br)c2)c1. The maximum absolute atomic E-state index is 13.2. The summed E-state index contributed by atoms with van der Waals surface area (Å²) in [4.78, 5) is 9.92. The zero-order valence-corrected chi connectivity index (χ0v) is 10.9. The van der Waals surface area contributed by atoms with Gasteiger partial charge in [-0.25, -0.2) is 8.78 Å². The summed E-state index contributed by atoms with van der Waals surface area (Å²) in [5.74, 6) is -1.16. The summed E-state index contributed by atoms with van der Waals surface area (Å²) in [6.45, 7) is 0. The van der Waals surface area contributed by atoms with Crippen molar-refractivity contribution in [3.05, 3.63) is 62.6 Å². The molecular formula is C12H7BrF2N2O2. The second-order valence-electron chi connectivity index (χ2n) is 3.71. The van der Waals surface area contributed by atoms with Gasteiger partial charge in [0, 0.05) is 17.4 Å². The van der Waals surface area contributed by atoms with Gasteiger partial charge in [0.05, 0.1) is 15.5 Å². The third kappa shape index (κ3) is 3.25. The van der Waals surface area contributed by atoms with Crippen molar-refractivity contribution in [2.24, 2.45) is 0 Å². The number of nitro groups is 1. The number of hydrogen-bond donors (Lipinski definition) is 1. The number of anilines is 2. The first-order valence-corrected chi connectivity index (χ1v) is 5.92. The second kappa shape index (κ2) is 5.31. The lowest BCUT2D eigenvalue weighted by Crippen LogP contribution is -1.95. The van der Waals surface area contributed by atoms with Crippen molar-refractivity contribution in [1.29, 1.82) is 0 Å². The highest BCUT2D eigenvalue weighted by Crippen LogP contribution is 2.26. The van der Waals surface area contributed by atoms with Crippen molar-refractivity contribution in [1.82, 2.24) is 0 Å². The average Bonchev–Trinajstić information content (AvgIpc) is 2.33. The number of halogens is 3. The van der Waals surface area contributed by atoms with E-state index >= 15 is 0 Å². The normalized spacial score (nSPS) is 10.3. The molecule has 0 saturated carbocycles. The highest BCUT2D eigenvalue weighted by molar-refractivity contribution is 9.10. The van der Waals surface area contributed by atoms with Gasteiger partial charge in [-0.05, 0) is 40.2 Å². The Kier molecular flexibility index (Phi) is 3.75. The molecular weight excluding hydrogens is 322 g/mol. The summed E-state index contributed by atoms with van der Waals surface area (Å²) in [6, 6.07) is 7.25. The first kappa shape index (κ1) is 13.4. The van der Waals surface area contributed by atoms with Gasteiger partial charge in [-0.1, -0.05) is 0 Å². The summed E-state index contributed by atoms with van der Waals surface area (Å²) >= 11 is 3.01. The van der Waals surface area contributed by atoms with E-state index in [-0.39, 0.29) is 15.8 Å². The van der Waals surface area contributed by atoms with E-state index in [2.05, 4.69) is 21.2 Å². The molecule has 0 aromatic heterocycles. The van der Waals surface area contributed by atoms with Gasteiger partial charge in [-0.15, -0.1) is 0 Å². The van der Waals surface area contributed by atoms with Crippen molar-refractivity contribution < 1.29 is 13.7 Å². The number of nitro benzene ring substituents is 1. The summed E-state index contributed by atoms with van der Waals surface area (Å²) in [5, 5.41) is 13.4. The van der Waals surface area contributed by atoms with Gasteiger partial charge in [0.2, 0.25) is 0 Å². The van der Waals surface area contributed by atoms with Crippen LogP contribution in [0, 0.1) is 21.7 Å². The molecule has 2 aromatic carbocycles. The van der Waals surface area contributed by atoms with Crippen LogP contribution in [0.15, 0.2) is 40.9 Å². The predicted molar refractivity (Wildman–Crippen MR) is 70.4 cm³/mol. The molecule has 0 bridgehead atoms. The van der Waals surface area contributed by atoms with Crippen molar-refractivity contribution in [3.8, 4) is 0 Å². The number of rotatable bonds is 3. The Morgan fingerprint density at radius 2 is 1.84 bits per heavy atom. The van der Waals surface area contributed by atoms with E-state index in [0.29, 0.717) is 5.69 Å². The molecule has 19 heavy (non-hydrogen) atoms. The molecule has 0 aliphatic carbocycles. The third-order valence-corrected chi connectivity index (χ3v) is 2.91. The van der Waals surface area contributed by atoms with Gasteiger partial charge in [0.15, 0.2) is 0 Å². The van der Waals surface area contributed by atoms with E-state index in [0.717, 1.165) is 12.1 Å². The molecule has 0 unspecified atom stereocenters. The van der Waals surface area contributed by atoms with Gasteiger partial charge < -0.3 is 5.32 Å². The molecule has 0 amide bonds. The topological polar surface area (TPSA) is 55.2 Å². The number of benzene rings is 2. The van der Waals surface area contributed by atoms with Crippen LogP contribution in [0.4, 0.5) is 25.8 Å². The molecule has 0 atom stereocenters. The monoisotopic (exact) mass is 328 g/mol. The Labute approximate surface area is 115 Å². The molecule has 98 valence electrons. The Bertz CT molecular complexity index is 650. The Morgan fingerprint density at radius 1 is 1.11 bits per heavy atom. The first-order chi connectivity index (χ1) is 8.95. The van der Waals surface area contributed by atoms with Crippen molar-refractivity contribution >= 4 is 33.0 Å². The lowest BCUT2D eigenvalue weighted by molar-refractivity contribution is -0.385. The van der Waals surface area contributed by atoms with Crippen LogP contribution in [0.2, 0.25) is 0 Å². The fourth-order valence-electron chi connectivity index (χ4n) is 1.49. The van der Waals surface area contributed by atoms with E-state index in [1.807, 2.05) is 0 Å². The molecule has 0 saturated heterocycles. The van der Waals surface area contributed by atoms with Gasteiger partial charge in [0.1, 0.15) is 11.6 Å². The Hall–Kier alpha value is -2.02. The number of nitrogens with one attached hydrogen (secondary N) is 1. The fraction of sp³-hybridized carbons (Fsp3) is 0. The predicted octanol–water partition coefficient (Wildman–Crippen LogP) is 4.38. The zero-order chi connectivity index (χ0) is 14.0. The highest BCUT2D eigenvalue weighted by atomic mass is 79.9. The molecule has 0 radical (unpaired) electrons. The van der Waals surface area contributed by atoms with Crippen molar-refractivity contribution in [2.75, 3.05) is 5.32 Å². The van der Waals surface area contributed by atoms with Crippen LogP contribution in [0.25, 0.3) is 0 Å². The summed E-state index contributed by atoms with van der Waals surface area (Å²) in [7, 11) is 0. The van der Waals surface area contributed by atoms with E-state index in [1.54, 1.807) is 0 Å². The van der Waals surface area contributed by atoms with Crippen LogP contribution in [-0.2, 0) is 0 Å². The van der Waals surface area contributed by atoms with E-state index < -0.39 is 16.6 Å². The quantitative estimate of drug-likeness (QED) is 0.672. The second-order valence-corrected chi connectivity index (χ2v) is 4.56. The minimum absolute atomic E-state index is 0.213. The molecule has 2 rings (SSSR count). The molecule has 0 fully saturated rings. The minimum atomic E-state index is -0.724. The Balaban J connectivity index is 2.32. The van der Waals surface area contributed by atoms with Gasteiger partial charge in [-0.2, -0.15) is 0 Å². The first-order valence-electron chi connectivity index (χ1n) is 5.13. The molecule has 0 aliphatic rings. The smallest absolute Gasteiger partial charge is 0.274 e. The van der Waals surface area contributed by atoms with Crippen LogP contribution < -0.4 is 5.32 Å². The zero-order valence-electron chi connectivity index (χ0n) is 9.36. The lowest BCUT2D eigenvalue weighted by atomic mass is 10.2. The van der Waals surface area contributed by atoms with Crippen molar-refractivity contribution in [2.45, 2.75) is 0 Å². The number of hydrogen-bond acceptors (Lipinski definition) is 3. The van der Waals surface area contributed by atoms with Gasteiger partial charge >= 0.3 is 0 Å². The van der Waals surface area contributed by atoms with E-state index in [1.165, 1.54) is 24.3 Å². The van der Waals surface area contributed by atoms with Crippen LogP contribution in [0.1, 0.15) is 0 Å². The van der Waals surface area contributed by atoms with E-state index in [4.69, 9.17) is 0 Å². The van der Waals surface area contributed by atoms with Crippen molar-refractivity contribution in [3.63, 3.8) is 0 Å². The summed E-state index contributed by atoms with van der Waals surface area (Å²) in [6.07, 6.45) is 0. The standard InChI is InChI=1S/C12H7BrF2N2O2/c13-11-6-8(1-2-12(11)15)16-9-3-7(14)4-10(5-9)17(18)19/h1-6,16H. The maximum Gasteiger partial charge on any atom is 0.274 e. The van der Waals surface area contributed by atoms with Crippen LogP contribution in [-0.4, -0.2) is 4.92 Å². The van der Waals surface area contributed by atoms with Gasteiger partial charge in [-0.3, -0.25) is 10.1 Å². The van der Waals surface area contributed by atoms with Gasteiger partial charge in [0.25, 0.3) is 5.69 Å². The highest BCUT2D eigenvalue weighted by Gasteiger charge is 2.10. The third-order valence-electron chi connectivity index (χ3n) is 2.30.